The lowest BCUT2D eigenvalue weighted by Crippen LogP contribution is -2.36. The van der Waals surface area contributed by atoms with Crippen LogP contribution >= 0.6 is 0 Å². The number of likely N-dealkylation sites (tertiary alicyclic amines) is 1. The molecule has 1 aromatic rings. The fourth-order valence-corrected chi connectivity index (χ4v) is 2.65. The van der Waals surface area contributed by atoms with Crippen LogP contribution in [0.3, 0.4) is 0 Å². The molecule has 1 saturated heterocycles. The molecule has 0 bridgehead atoms. The molecule has 0 aromatic heterocycles. The van der Waals surface area contributed by atoms with Gasteiger partial charge in [0.25, 0.3) is 0 Å². The van der Waals surface area contributed by atoms with E-state index in [9.17, 15) is 9.59 Å². The SMILES string of the molecule is CCOC(=O)C=Cc1ccc(N[C@@H]2CCN(C(=O)OC(C)(C)C)C2)cc1. The first kappa shape index (κ1) is 19.8. The number of anilines is 1. The minimum atomic E-state index is -0.477. The van der Waals surface area contributed by atoms with Gasteiger partial charge in [-0.25, -0.2) is 9.59 Å². The number of amides is 1. The van der Waals surface area contributed by atoms with Gasteiger partial charge in [-0.15, -0.1) is 0 Å². The number of carbonyl (C=O) groups is 2. The number of hydrogen-bond donors (Lipinski definition) is 1. The first-order valence-electron chi connectivity index (χ1n) is 8.96. The Kier molecular flexibility index (Phi) is 6.66. The van der Waals surface area contributed by atoms with Crippen LogP contribution in [0, 0.1) is 0 Å². The lowest BCUT2D eigenvalue weighted by Gasteiger charge is -2.24. The first-order chi connectivity index (χ1) is 12.3. The van der Waals surface area contributed by atoms with Gasteiger partial charge in [0.2, 0.25) is 0 Å². The highest BCUT2D eigenvalue weighted by molar-refractivity contribution is 5.87. The average molecular weight is 360 g/mol. The van der Waals surface area contributed by atoms with Crippen molar-refractivity contribution in [1.29, 1.82) is 0 Å². The van der Waals surface area contributed by atoms with E-state index in [4.69, 9.17) is 9.47 Å². The Hall–Kier alpha value is -2.50. The van der Waals surface area contributed by atoms with Gasteiger partial charge in [-0.3, -0.25) is 0 Å². The van der Waals surface area contributed by atoms with Gasteiger partial charge >= 0.3 is 12.1 Å². The number of hydrogen-bond acceptors (Lipinski definition) is 5. The number of carbonyl (C=O) groups excluding carboxylic acids is 2. The number of benzene rings is 1. The van der Waals surface area contributed by atoms with E-state index in [-0.39, 0.29) is 18.1 Å². The summed E-state index contributed by atoms with van der Waals surface area (Å²) in [6, 6.07) is 7.97. The molecule has 6 nitrogen and oxygen atoms in total. The normalized spacial score (nSPS) is 17.4. The first-order valence-corrected chi connectivity index (χ1v) is 8.96. The van der Waals surface area contributed by atoms with Crippen molar-refractivity contribution in [1.82, 2.24) is 4.90 Å². The summed E-state index contributed by atoms with van der Waals surface area (Å²) < 4.78 is 10.3. The Morgan fingerprint density at radius 3 is 2.58 bits per heavy atom. The molecule has 0 aliphatic carbocycles. The summed E-state index contributed by atoms with van der Waals surface area (Å²) in [7, 11) is 0. The molecule has 1 amide bonds. The Bertz CT molecular complexity index is 647. The van der Waals surface area contributed by atoms with Crippen LogP contribution in [0.5, 0.6) is 0 Å². The van der Waals surface area contributed by atoms with Crippen molar-refractivity contribution in [3.05, 3.63) is 35.9 Å². The van der Waals surface area contributed by atoms with Crippen LogP contribution in [-0.2, 0) is 14.3 Å². The maximum atomic E-state index is 12.1. The van der Waals surface area contributed by atoms with Crippen LogP contribution in [0.1, 0.15) is 39.7 Å². The third kappa shape index (κ3) is 6.43. The summed E-state index contributed by atoms with van der Waals surface area (Å²) in [5, 5.41) is 3.44. The maximum Gasteiger partial charge on any atom is 0.410 e. The van der Waals surface area contributed by atoms with Crippen molar-refractivity contribution < 1.29 is 19.1 Å². The van der Waals surface area contributed by atoms with E-state index >= 15 is 0 Å². The molecule has 1 aliphatic rings. The van der Waals surface area contributed by atoms with Crippen molar-refractivity contribution >= 4 is 23.8 Å². The van der Waals surface area contributed by atoms with E-state index in [1.54, 1.807) is 17.9 Å². The molecule has 0 spiro atoms. The van der Waals surface area contributed by atoms with Gasteiger partial charge in [-0.1, -0.05) is 12.1 Å². The molecule has 1 atom stereocenters. The molecule has 1 heterocycles. The molecule has 26 heavy (non-hydrogen) atoms. The minimum absolute atomic E-state index is 0.198. The second-order valence-corrected chi connectivity index (χ2v) is 7.26. The highest BCUT2D eigenvalue weighted by Gasteiger charge is 2.29. The smallest absolute Gasteiger partial charge is 0.410 e. The van der Waals surface area contributed by atoms with Crippen molar-refractivity contribution in [2.75, 3.05) is 25.0 Å². The highest BCUT2D eigenvalue weighted by atomic mass is 16.6. The number of nitrogens with one attached hydrogen (secondary N) is 1. The van der Waals surface area contributed by atoms with Gasteiger partial charge in [0.05, 0.1) is 6.61 Å². The van der Waals surface area contributed by atoms with Crippen molar-refractivity contribution in [2.24, 2.45) is 0 Å². The Morgan fingerprint density at radius 1 is 1.27 bits per heavy atom. The molecule has 1 aromatic carbocycles. The van der Waals surface area contributed by atoms with E-state index < -0.39 is 5.60 Å². The predicted octanol–water partition coefficient (Wildman–Crippen LogP) is 3.68. The largest absolute Gasteiger partial charge is 0.463 e. The summed E-state index contributed by atoms with van der Waals surface area (Å²) >= 11 is 0. The molecular weight excluding hydrogens is 332 g/mol. The monoisotopic (exact) mass is 360 g/mol. The molecule has 2 rings (SSSR count). The lowest BCUT2D eigenvalue weighted by molar-refractivity contribution is -0.137. The van der Waals surface area contributed by atoms with Crippen molar-refractivity contribution in [3.8, 4) is 0 Å². The van der Waals surface area contributed by atoms with E-state index in [1.165, 1.54) is 6.08 Å². The van der Waals surface area contributed by atoms with E-state index in [0.717, 1.165) is 17.7 Å². The zero-order chi connectivity index (χ0) is 19.2. The molecule has 1 N–H and O–H groups in total. The molecule has 6 heteroatoms. The van der Waals surface area contributed by atoms with Gasteiger partial charge in [-0.05, 0) is 57.9 Å². The fourth-order valence-electron chi connectivity index (χ4n) is 2.65. The fraction of sp³-hybridized carbons (Fsp3) is 0.500. The topological polar surface area (TPSA) is 67.9 Å². The Morgan fingerprint density at radius 2 is 1.96 bits per heavy atom. The Balaban J connectivity index is 1.84. The van der Waals surface area contributed by atoms with Gasteiger partial charge in [0.15, 0.2) is 0 Å². The second kappa shape index (κ2) is 8.74. The van der Waals surface area contributed by atoms with Crippen LogP contribution in [0.25, 0.3) is 6.08 Å². The summed E-state index contributed by atoms with van der Waals surface area (Å²) in [5.74, 6) is -0.345. The van der Waals surface area contributed by atoms with Crippen LogP contribution < -0.4 is 5.32 Å². The summed E-state index contributed by atoms with van der Waals surface area (Å²) in [5.41, 5.74) is 1.43. The quantitative estimate of drug-likeness (QED) is 0.641. The summed E-state index contributed by atoms with van der Waals surface area (Å²) in [6.07, 6.45) is 3.76. The molecular formula is C20H28N2O4. The molecule has 1 aliphatic heterocycles. The molecule has 142 valence electrons. The molecule has 1 fully saturated rings. The third-order valence-electron chi connectivity index (χ3n) is 3.82. The van der Waals surface area contributed by atoms with Crippen LogP contribution in [0.15, 0.2) is 30.3 Å². The van der Waals surface area contributed by atoms with Crippen LogP contribution in [0.4, 0.5) is 10.5 Å². The van der Waals surface area contributed by atoms with Crippen molar-refractivity contribution in [3.63, 3.8) is 0 Å². The van der Waals surface area contributed by atoms with Crippen LogP contribution in [0.2, 0.25) is 0 Å². The maximum absolute atomic E-state index is 12.1. The number of rotatable bonds is 5. The highest BCUT2D eigenvalue weighted by Crippen LogP contribution is 2.19. The molecule has 0 unspecified atom stereocenters. The molecule has 0 saturated carbocycles. The van der Waals surface area contributed by atoms with Crippen molar-refractivity contribution in [2.45, 2.75) is 45.8 Å². The summed E-state index contributed by atoms with van der Waals surface area (Å²) in [6.45, 7) is 9.07. The van der Waals surface area contributed by atoms with E-state index in [2.05, 4.69) is 5.32 Å². The number of nitrogens with zero attached hydrogens (tertiary/aromatic N) is 1. The second-order valence-electron chi connectivity index (χ2n) is 7.26. The number of esters is 1. The zero-order valence-corrected chi connectivity index (χ0v) is 16.0. The third-order valence-corrected chi connectivity index (χ3v) is 3.82. The Labute approximate surface area is 155 Å². The van der Waals surface area contributed by atoms with Gasteiger partial charge in [-0.2, -0.15) is 0 Å². The van der Waals surface area contributed by atoms with Gasteiger partial charge in [0, 0.05) is 30.9 Å². The number of ether oxygens (including phenoxy) is 2. The van der Waals surface area contributed by atoms with Crippen LogP contribution in [-0.4, -0.2) is 48.3 Å². The predicted molar refractivity (Wildman–Crippen MR) is 102 cm³/mol. The van der Waals surface area contributed by atoms with E-state index in [0.29, 0.717) is 19.7 Å². The van der Waals surface area contributed by atoms with E-state index in [1.807, 2.05) is 45.0 Å². The van der Waals surface area contributed by atoms with Gasteiger partial charge in [0.1, 0.15) is 5.60 Å². The lowest BCUT2D eigenvalue weighted by atomic mass is 10.1. The standard InChI is InChI=1S/C20H28N2O4/c1-5-25-18(23)11-8-15-6-9-16(10-7-15)21-17-12-13-22(14-17)19(24)26-20(2,3)4/h6-11,17,21H,5,12-14H2,1-4H3/t17-/m1/s1. The van der Waals surface area contributed by atoms with Gasteiger partial charge < -0.3 is 19.7 Å². The minimum Gasteiger partial charge on any atom is -0.463 e. The summed E-state index contributed by atoms with van der Waals surface area (Å²) in [4.78, 5) is 25.2. The molecule has 0 radical (unpaired) electrons. The zero-order valence-electron chi connectivity index (χ0n) is 16.0. The average Bonchev–Trinajstić information content (AvgIpc) is 3.02.